The zero-order valence-corrected chi connectivity index (χ0v) is 15.2. The Balaban J connectivity index is 1.88. The first-order valence-electron chi connectivity index (χ1n) is 8.77. The molecule has 0 spiro atoms. The van der Waals surface area contributed by atoms with Gasteiger partial charge in [0.05, 0.1) is 0 Å². The molecule has 130 valence electrons. The van der Waals surface area contributed by atoms with E-state index < -0.39 is 0 Å². The van der Waals surface area contributed by atoms with Crippen LogP contribution in [0, 0.1) is 5.92 Å². The van der Waals surface area contributed by atoms with Crippen LogP contribution in [0.1, 0.15) is 39.7 Å². The van der Waals surface area contributed by atoms with E-state index in [0.29, 0.717) is 12.0 Å². The minimum absolute atomic E-state index is 0.00382. The summed E-state index contributed by atoms with van der Waals surface area (Å²) in [6.07, 6.45) is 6.49. The third-order valence-corrected chi connectivity index (χ3v) is 4.57. The largest absolute Gasteiger partial charge is 0.459 e. The van der Waals surface area contributed by atoms with Gasteiger partial charge in [-0.3, -0.25) is 4.90 Å². The lowest BCUT2D eigenvalue weighted by Gasteiger charge is -2.40. The Kier molecular flexibility index (Phi) is 6.80. The molecule has 0 amide bonds. The maximum atomic E-state index is 12.1. The summed E-state index contributed by atoms with van der Waals surface area (Å²) >= 11 is 0. The van der Waals surface area contributed by atoms with Crippen molar-refractivity contribution in [3.63, 3.8) is 0 Å². The van der Waals surface area contributed by atoms with Crippen molar-refractivity contribution >= 4 is 12.0 Å². The lowest BCUT2D eigenvalue weighted by atomic mass is 9.91. The zero-order chi connectivity index (χ0) is 17.5. The van der Waals surface area contributed by atoms with Crippen LogP contribution in [0.25, 0.3) is 6.08 Å². The van der Waals surface area contributed by atoms with Crippen molar-refractivity contribution < 1.29 is 9.53 Å². The molecule has 3 unspecified atom stereocenters. The van der Waals surface area contributed by atoms with Crippen LogP contribution in [0.5, 0.6) is 0 Å². The fourth-order valence-electron chi connectivity index (χ4n) is 3.02. The first kappa shape index (κ1) is 18.5. The van der Waals surface area contributed by atoms with Gasteiger partial charge >= 0.3 is 5.97 Å². The van der Waals surface area contributed by atoms with Gasteiger partial charge < -0.3 is 4.74 Å². The molecule has 0 aliphatic carbocycles. The molecule has 3 atom stereocenters. The molecule has 0 radical (unpaired) electrons. The SMILES string of the molecule is CC(C)=CCN1CC(C)C(OC(=O)/C=C\c2ccccc2)CC1C. The summed E-state index contributed by atoms with van der Waals surface area (Å²) in [7, 11) is 0. The quantitative estimate of drug-likeness (QED) is 0.458. The normalized spacial score (nSPS) is 24.8. The van der Waals surface area contributed by atoms with Crippen LogP contribution in [0.3, 0.4) is 0 Å². The van der Waals surface area contributed by atoms with E-state index in [1.807, 2.05) is 30.3 Å². The fraction of sp³-hybridized carbons (Fsp3) is 0.476. The average Bonchev–Trinajstić information content (AvgIpc) is 2.55. The van der Waals surface area contributed by atoms with Crippen molar-refractivity contribution in [2.75, 3.05) is 13.1 Å². The molecule has 1 fully saturated rings. The van der Waals surface area contributed by atoms with Crippen molar-refractivity contribution in [2.45, 2.75) is 46.3 Å². The molecule has 2 rings (SSSR count). The molecule has 0 bridgehead atoms. The van der Waals surface area contributed by atoms with Crippen LogP contribution in [-0.2, 0) is 9.53 Å². The molecule has 1 saturated heterocycles. The van der Waals surface area contributed by atoms with Crippen LogP contribution in [0.15, 0.2) is 48.1 Å². The van der Waals surface area contributed by atoms with Crippen LogP contribution in [0.2, 0.25) is 0 Å². The number of benzene rings is 1. The highest BCUT2D eigenvalue weighted by Crippen LogP contribution is 2.25. The van der Waals surface area contributed by atoms with Crippen LogP contribution < -0.4 is 0 Å². The molecule has 0 aromatic heterocycles. The lowest BCUT2D eigenvalue weighted by molar-refractivity contribution is -0.149. The second kappa shape index (κ2) is 8.84. The smallest absolute Gasteiger partial charge is 0.331 e. The number of hydrogen-bond donors (Lipinski definition) is 0. The van der Waals surface area contributed by atoms with Gasteiger partial charge in [0.25, 0.3) is 0 Å². The Hall–Kier alpha value is -1.87. The number of esters is 1. The van der Waals surface area contributed by atoms with Gasteiger partial charge in [-0.2, -0.15) is 0 Å². The van der Waals surface area contributed by atoms with E-state index in [2.05, 4.69) is 38.7 Å². The monoisotopic (exact) mass is 327 g/mol. The van der Waals surface area contributed by atoms with E-state index in [4.69, 9.17) is 4.74 Å². The molecule has 1 heterocycles. The standard InChI is InChI=1S/C21H29NO2/c1-16(2)12-13-22-15-17(3)20(14-18(22)4)24-21(23)11-10-19-8-6-5-7-9-19/h5-12,17-18,20H,13-15H2,1-4H3/b11-10-. The second-order valence-corrected chi connectivity index (χ2v) is 7.02. The highest BCUT2D eigenvalue weighted by atomic mass is 16.5. The van der Waals surface area contributed by atoms with Crippen LogP contribution >= 0.6 is 0 Å². The Bertz CT molecular complexity index is 587. The van der Waals surface area contributed by atoms with Crippen molar-refractivity contribution in [3.05, 3.63) is 53.6 Å². The summed E-state index contributed by atoms with van der Waals surface area (Å²) in [6, 6.07) is 10.2. The van der Waals surface area contributed by atoms with Gasteiger partial charge in [0.1, 0.15) is 6.10 Å². The molecular formula is C21H29NO2. The summed E-state index contributed by atoms with van der Waals surface area (Å²) in [5, 5.41) is 0. The van der Waals surface area contributed by atoms with Crippen molar-refractivity contribution in [1.29, 1.82) is 0 Å². The number of hydrogen-bond acceptors (Lipinski definition) is 3. The summed E-state index contributed by atoms with van der Waals surface area (Å²) < 4.78 is 5.70. The number of likely N-dealkylation sites (tertiary alicyclic amines) is 1. The molecule has 1 aromatic rings. The highest BCUT2D eigenvalue weighted by Gasteiger charge is 2.32. The van der Waals surface area contributed by atoms with Gasteiger partial charge in [0, 0.05) is 37.5 Å². The number of nitrogens with zero attached hydrogens (tertiary/aromatic N) is 1. The number of allylic oxidation sites excluding steroid dienone is 1. The van der Waals surface area contributed by atoms with Crippen molar-refractivity contribution in [3.8, 4) is 0 Å². The van der Waals surface area contributed by atoms with Gasteiger partial charge in [0.2, 0.25) is 0 Å². The second-order valence-electron chi connectivity index (χ2n) is 7.02. The Labute approximate surface area is 146 Å². The number of ether oxygens (including phenoxy) is 1. The van der Waals surface area contributed by atoms with Gasteiger partial charge in [-0.1, -0.05) is 48.9 Å². The van der Waals surface area contributed by atoms with Crippen LogP contribution in [-0.4, -0.2) is 36.1 Å². The van der Waals surface area contributed by atoms with Crippen LogP contribution in [0.4, 0.5) is 0 Å². The van der Waals surface area contributed by atoms with E-state index in [1.54, 1.807) is 6.08 Å². The highest BCUT2D eigenvalue weighted by molar-refractivity contribution is 5.87. The molecule has 1 aromatic carbocycles. The Morgan fingerprint density at radius 3 is 2.62 bits per heavy atom. The van der Waals surface area contributed by atoms with Gasteiger partial charge in [-0.25, -0.2) is 4.79 Å². The summed E-state index contributed by atoms with van der Waals surface area (Å²) in [4.78, 5) is 14.6. The van der Waals surface area contributed by atoms with E-state index in [1.165, 1.54) is 11.6 Å². The van der Waals surface area contributed by atoms with Crippen molar-refractivity contribution in [1.82, 2.24) is 4.90 Å². The van der Waals surface area contributed by atoms with E-state index in [0.717, 1.165) is 25.1 Å². The maximum absolute atomic E-state index is 12.1. The predicted octanol–water partition coefficient (Wildman–Crippen LogP) is 4.31. The van der Waals surface area contributed by atoms with Gasteiger partial charge in [-0.05, 0) is 32.4 Å². The summed E-state index contributed by atoms with van der Waals surface area (Å²) in [5.74, 6) is 0.0986. The molecule has 0 saturated carbocycles. The number of rotatable bonds is 5. The molecule has 1 aliphatic rings. The number of carbonyl (C=O) groups excluding carboxylic acids is 1. The third kappa shape index (κ3) is 5.64. The maximum Gasteiger partial charge on any atom is 0.331 e. The van der Waals surface area contributed by atoms with Gasteiger partial charge in [0.15, 0.2) is 0 Å². The zero-order valence-electron chi connectivity index (χ0n) is 15.2. The molecule has 3 nitrogen and oxygen atoms in total. The Morgan fingerprint density at radius 2 is 1.96 bits per heavy atom. The molecule has 0 N–H and O–H groups in total. The average molecular weight is 327 g/mol. The third-order valence-electron chi connectivity index (χ3n) is 4.57. The summed E-state index contributed by atoms with van der Waals surface area (Å²) in [5.41, 5.74) is 2.35. The van der Waals surface area contributed by atoms with Gasteiger partial charge in [-0.15, -0.1) is 0 Å². The minimum Gasteiger partial charge on any atom is -0.459 e. The molecule has 24 heavy (non-hydrogen) atoms. The van der Waals surface area contributed by atoms with Crippen molar-refractivity contribution in [2.24, 2.45) is 5.92 Å². The lowest BCUT2D eigenvalue weighted by Crippen LogP contribution is -2.48. The first-order valence-corrected chi connectivity index (χ1v) is 8.77. The van der Waals surface area contributed by atoms with E-state index in [9.17, 15) is 4.79 Å². The van der Waals surface area contributed by atoms with E-state index >= 15 is 0 Å². The van der Waals surface area contributed by atoms with E-state index in [-0.39, 0.29) is 12.1 Å². The fourth-order valence-corrected chi connectivity index (χ4v) is 3.02. The topological polar surface area (TPSA) is 29.5 Å². The predicted molar refractivity (Wildman–Crippen MR) is 99.6 cm³/mol. The number of carbonyl (C=O) groups is 1. The molecular weight excluding hydrogens is 298 g/mol. The number of piperidine rings is 1. The molecule has 3 heteroatoms. The first-order chi connectivity index (χ1) is 11.5. The Morgan fingerprint density at radius 1 is 1.25 bits per heavy atom. The minimum atomic E-state index is -0.249. The summed E-state index contributed by atoms with van der Waals surface area (Å²) in [6.45, 7) is 10.6. The molecule has 1 aliphatic heterocycles.